The second kappa shape index (κ2) is 13.4. The third kappa shape index (κ3) is 7.92. The fourth-order valence-electron chi connectivity index (χ4n) is 3.98. The topological polar surface area (TPSA) is 107 Å². The summed E-state index contributed by atoms with van der Waals surface area (Å²) >= 11 is 1.58. The van der Waals surface area contributed by atoms with Crippen LogP contribution in [0, 0.1) is 5.82 Å². The number of aromatic nitrogens is 4. The molecule has 7 nitrogen and oxygen atoms in total. The lowest BCUT2D eigenvalue weighted by atomic mass is 10.0. The van der Waals surface area contributed by atoms with Gasteiger partial charge in [-0.25, -0.2) is 9.49 Å². The van der Waals surface area contributed by atoms with Gasteiger partial charge in [0.2, 0.25) is 0 Å². The first kappa shape index (κ1) is 29.9. The summed E-state index contributed by atoms with van der Waals surface area (Å²) in [6.45, 7) is 0. The van der Waals surface area contributed by atoms with Crippen molar-refractivity contribution in [3.8, 4) is 11.3 Å². The van der Waals surface area contributed by atoms with Crippen molar-refractivity contribution in [2.45, 2.75) is 49.6 Å². The molecule has 39 heavy (non-hydrogen) atoms. The highest BCUT2D eigenvalue weighted by Crippen LogP contribution is 2.29. The van der Waals surface area contributed by atoms with Crippen molar-refractivity contribution in [3.05, 3.63) is 81.0 Å². The van der Waals surface area contributed by atoms with Gasteiger partial charge in [0.15, 0.2) is 0 Å². The Balaban J connectivity index is 0.000000195. The minimum atomic E-state index is -4.74. The van der Waals surface area contributed by atoms with E-state index in [1.807, 2.05) is 12.3 Å². The molecule has 3 aromatic heterocycles. The summed E-state index contributed by atoms with van der Waals surface area (Å²) in [4.78, 5) is 27.9. The molecule has 1 aliphatic rings. The zero-order valence-electron chi connectivity index (χ0n) is 21.5. The van der Waals surface area contributed by atoms with Crippen LogP contribution in [0.15, 0.2) is 63.4 Å². The van der Waals surface area contributed by atoms with Gasteiger partial charge in [-0.15, -0.1) is 11.8 Å². The summed E-state index contributed by atoms with van der Waals surface area (Å²) in [6, 6.07) is 8.46. The second-order valence-corrected chi connectivity index (χ2v) is 9.76. The van der Waals surface area contributed by atoms with Crippen LogP contribution in [-0.4, -0.2) is 26.0 Å². The summed E-state index contributed by atoms with van der Waals surface area (Å²) in [7, 11) is 1.65. The number of benzene rings is 1. The quantitative estimate of drug-likeness (QED) is 0.223. The van der Waals surface area contributed by atoms with E-state index in [-0.39, 0.29) is 5.56 Å². The number of nitrogens with two attached hydrogens (primary N) is 1. The van der Waals surface area contributed by atoms with E-state index in [0.29, 0.717) is 22.0 Å². The number of nitrogens with zero attached hydrogens (tertiary/aromatic N) is 3. The Morgan fingerprint density at radius 1 is 1.00 bits per heavy atom. The monoisotopic (exact) mass is 563 g/mol. The van der Waals surface area contributed by atoms with Crippen molar-refractivity contribution in [1.82, 2.24) is 19.7 Å². The van der Waals surface area contributed by atoms with Crippen LogP contribution in [0.4, 0.5) is 23.2 Å². The normalized spacial score (nSPS) is 13.2. The summed E-state index contributed by atoms with van der Waals surface area (Å²) in [5.41, 5.74) is 2.26. The second-order valence-electron chi connectivity index (χ2n) is 8.88. The van der Waals surface area contributed by atoms with Crippen molar-refractivity contribution in [1.29, 1.82) is 0 Å². The third-order valence-electron chi connectivity index (χ3n) is 6.08. The van der Waals surface area contributed by atoms with E-state index in [4.69, 9.17) is 5.73 Å². The van der Waals surface area contributed by atoms with Crippen molar-refractivity contribution in [3.63, 3.8) is 0 Å². The van der Waals surface area contributed by atoms with E-state index in [0.717, 1.165) is 11.1 Å². The number of aromatic amines is 1. The van der Waals surface area contributed by atoms with Crippen molar-refractivity contribution < 1.29 is 17.6 Å². The predicted octanol–water partition coefficient (Wildman–Crippen LogP) is 6.17. The molecule has 3 N–H and O–H groups in total. The molecule has 208 valence electrons. The molecule has 0 amide bonds. The molecule has 3 heterocycles. The number of fused-ring (bicyclic) bond motifs is 1. The van der Waals surface area contributed by atoms with Crippen LogP contribution in [0.2, 0.25) is 0 Å². The van der Waals surface area contributed by atoms with Gasteiger partial charge < -0.3 is 10.3 Å². The standard InChI is InChI=1S/C16H13FN2OS.C6H12.C5H4F3N3O/c1-19-6-5-10-7-13(14(17)8-12(10)16(19)20)15-4-3-11(21-2)9-18-15;1-2-4-6-5-3-1;6-5(7,8)3-2(9)1-10-11-4(3)12/h3-9H,1-2H3;1-6H2;1H,(H3,9,11,12). The van der Waals surface area contributed by atoms with Gasteiger partial charge in [-0.05, 0) is 42.0 Å². The van der Waals surface area contributed by atoms with Crippen molar-refractivity contribution >= 4 is 28.2 Å². The highest BCUT2D eigenvalue weighted by Gasteiger charge is 2.36. The van der Waals surface area contributed by atoms with E-state index in [2.05, 4.69) is 10.1 Å². The van der Waals surface area contributed by atoms with E-state index in [9.17, 15) is 27.2 Å². The smallest absolute Gasteiger partial charge is 0.397 e. The molecule has 0 atom stereocenters. The number of thioether (sulfide) groups is 1. The predicted molar refractivity (Wildman–Crippen MR) is 146 cm³/mol. The molecule has 1 fully saturated rings. The molecule has 0 aliphatic heterocycles. The van der Waals surface area contributed by atoms with Gasteiger partial charge in [0.1, 0.15) is 11.4 Å². The zero-order chi connectivity index (χ0) is 28.6. The molecule has 5 rings (SSSR count). The number of hydrogen-bond acceptors (Lipinski definition) is 6. The van der Waals surface area contributed by atoms with E-state index < -0.39 is 28.8 Å². The molecule has 1 aliphatic carbocycles. The molecular formula is C27H29F4N5O2S. The maximum atomic E-state index is 14.3. The van der Waals surface area contributed by atoms with Crippen LogP contribution in [0.5, 0.6) is 0 Å². The molecule has 0 radical (unpaired) electrons. The molecule has 12 heteroatoms. The number of alkyl halides is 3. The number of pyridine rings is 2. The lowest BCUT2D eigenvalue weighted by Gasteiger charge is -2.07. The SMILES string of the molecule is C1CCCCC1.CSc1ccc(-c2cc3ccn(C)c(=O)c3cc2F)nc1.Nc1cn[nH]c(=O)c1C(F)(F)F. The zero-order valence-corrected chi connectivity index (χ0v) is 22.3. The van der Waals surface area contributed by atoms with E-state index in [1.165, 1.54) is 49.2 Å². The van der Waals surface area contributed by atoms with Crippen LogP contribution >= 0.6 is 11.8 Å². The number of rotatable bonds is 2. The molecule has 1 saturated carbocycles. The Kier molecular flexibility index (Phi) is 10.3. The summed E-state index contributed by atoms with van der Waals surface area (Å²) in [5, 5.41) is 5.83. The fraction of sp³-hybridized carbons (Fsp3) is 0.333. The number of halogens is 4. The molecular weight excluding hydrogens is 534 g/mol. The number of nitrogens with one attached hydrogen (secondary N) is 1. The largest absolute Gasteiger partial charge is 0.423 e. The first-order chi connectivity index (χ1) is 18.5. The van der Waals surface area contributed by atoms with Gasteiger partial charge in [0.05, 0.1) is 23.0 Å². The van der Waals surface area contributed by atoms with Gasteiger partial charge in [-0.1, -0.05) is 38.5 Å². The Labute approximate surface area is 226 Å². The maximum absolute atomic E-state index is 14.3. The molecule has 0 saturated heterocycles. The Hall–Kier alpha value is -3.67. The van der Waals surface area contributed by atoms with Gasteiger partial charge in [0, 0.05) is 29.9 Å². The summed E-state index contributed by atoms with van der Waals surface area (Å²) < 4.78 is 51.7. The number of H-pyrrole nitrogens is 1. The van der Waals surface area contributed by atoms with Crippen LogP contribution in [0.3, 0.4) is 0 Å². The van der Waals surface area contributed by atoms with Crippen LogP contribution in [0.25, 0.3) is 22.0 Å². The molecule has 4 aromatic rings. The Morgan fingerprint density at radius 3 is 2.13 bits per heavy atom. The van der Waals surface area contributed by atoms with Gasteiger partial charge in [-0.3, -0.25) is 14.6 Å². The first-order valence-electron chi connectivity index (χ1n) is 12.2. The average molecular weight is 564 g/mol. The fourth-order valence-corrected chi connectivity index (χ4v) is 4.35. The number of anilines is 1. The number of nitrogen functional groups attached to an aromatic ring is 1. The van der Waals surface area contributed by atoms with Crippen LogP contribution in [-0.2, 0) is 13.2 Å². The molecule has 0 bridgehead atoms. The van der Waals surface area contributed by atoms with E-state index in [1.54, 1.807) is 54.5 Å². The highest BCUT2D eigenvalue weighted by molar-refractivity contribution is 7.98. The molecule has 0 unspecified atom stereocenters. The first-order valence-corrected chi connectivity index (χ1v) is 13.4. The van der Waals surface area contributed by atoms with Gasteiger partial charge in [0.25, 0.3) is 11.1 Å². The van der Waals surface area contributed by atoms with Gasteiger partial charge in [-0.2, -0.15) is 18.3 Å². The van der Waals surface area contributed by atoms with E-state index >= 15 is 0 Å². The van der Waals surface area contributed by atoms with Crippen molar-refractivity contribution in [2.75, 3.05) is 12.0 Å². The number of aryl methyl sites for hydroxylation is 1. The molecule has 0 spiro atoms. The third-order valence-corrected chi connectivity index (χ3v) is 6.80. The van der Waals surface area contributed by atoms with Gasteiger partial charge >= 0.3 is 6.18 Å². The Bertz CT molecular complexity index is 1500. The summed E-state index contributed by atoms with van der Waals surface area (Å²) in [5.74, 6) is -0.435. The van der Waals surface area contributed by atoms with Crippen LogP contribution in [0.1, 0.15) is 44.1 Å². The minimum Gasteiger partial charge on any atom is -0.397 e. The van der Waals surface area contributed by atoms with Crippen LogP contribution < -0.4 is 16.9 Å². The molecule has 1 aromatic carbocycles. The maximum Gasteiger partial charge on any atom is 0.423 e. The average Bonchev–Trinajstić information content (AvgIpc) is 2.92. The Morgan fingerprint density at radius 2 is 1.64 bits per heavy atom. The minimum absolute atomic E-state index is 0.205. The lowest BCUT2D eigenvalue weighted by Crippen LogP contribution is -2.24. The highest BCUT2D eigenvalue weighted by atomic mass is 32.2. The lowest BCUT2D eigenvalue weighted by molar-refractivity contribution is -0.138. The van der Waals surface area contributed by atoms with Crippen molar-refractivity contribution in [2.24, 2.45) is 7.05 Å². The number of hydrogen-bond donors (Lipinski definition) is 2. The summed E-state index contributed by atoms with van der Waals surface area (Å²) in [6.07, 6.45) is 10.4.